The molecule has 6 heteroatoms. The molecule has 0 aliphatic rings. The first-order valence-electron chi connectivity index (χ1n) is 9.44. The summed E-state index contributed by atoms with van der Waals surface area (Å²) in [5.74, 6) is 1.20. The van der Waals surface area contributed by atoms with Crippen molar-refractivity contribution in [1.82, 2.24) is 10.6 Å². The molecule has 0 saturated carbocycles. The standard InChI is InChI=1S/C22H30N2O4/c1-16(10-11-17-8-6-5-7-9-17)23-12-13-24-22(25)18-14-19(26-2)21(28-4)20(15-18)27-3/h5-9,14-16,23H,10-13H2,1-4H3,(H,24,25). The number of carbonyl (C=O) groups excluding carboxylic acids is 1. The normalized spacial score (nSPS) is 11.6. The zero-order valence-corrected chi connectivity index (χ0v) is 17.1. The van der Waals surface area contributed by atoms with Gasteiger partial charge in [-0.15, -0.1) is 0 Å². The lowest BCUT2D eigenvalue weighted by Gasteiger charge is -2.15. The number of nitrogens with one attached hydrogen (secondary N) is 2. The molecule has 0 aliphatic carbocycles. The maximum absolute atomic E-state index is 12.4. The molecule has 152 valence electrons. The van der Waals surface area contributed by atoms with Gasteiger partial charge in [0.25, 0.3) is 5.91 Å². The zero-order valence-electron chi connectivity index (χ0n) is 17.1. The van der Waals surface area contributed by atoms with Gasteiger partial charge in [-0.3, -0.25) is 4.79 Å². The fraction of sp³-hybridized carbons (Fsp3) is 0.409. The fourth-order valence-corrected chi connectivity index (χ4v) is 2.94. The molecule has 2 rings (SSSR count). The van der Waals surface area contributed by atoms with E-state index in [2.05, 4.69) is 41.8 Å². The Morgan fingerprint density at radius 2 is 1.61 bits per heavy atom. The highest BCUT2D eigenvalue weighted by Gasteiger charge is 2.16. The zero-order chi connectivity index (χ0) is 20.4. The van der Waals surface area contributed by atoms with Crippen molar-refractivity contribution >= 4 is 5.91 Å². The molecule has 0 spiro atoms. The van der Waals surface area contributed by atoms with Crippen LogP contribution in [0.1, 0.15) is 29.3 Å². The van der Waals surface area contributed by atoms with Gasteiger partial charge in [-0.05, 0) is 37.5 Å². The molecule has 2 N–H and O–H groups in total. The molecular weight excluding hydrogens is 356 g/mol. The van der Waals surface area contributed by atoms with Crippen LogP contribution in [0.4, 0.5) is 0 Å². The van der Waals surface area contributed by atoms with Gasteiger partial charge < -0.3 is 24.8 Å². The van der Waals surface area contributed by atoms with E-state index in [4.69, 9.17) is 14.2 Å². The Morgan fingerprint density at radius 3 is 2.18 bits per heavy atom. The van der Waals surface area contributed by atoms with Gasteiger partial charge in [0.2, 0.25) is 5.75 Å². The van der Waals surface area contributed by atoms with Gasteiger partial charge >= 0.3 is 0 Å². The molecule has 0 saturated heterocycles. The van der Waals surface area contributed by atoms with Crippen LogP contribution in [0.3, 0.4) is 0 Å². The Kier molecular flexibility index (Phi) is 8.62. The number of amides is 1. The molecule has 0 aliphatic heterocycles. The van der Waals surface area contributed by atoms with Crippen molar-refractivity contribution in [2.45, 2.75) is 25.8 Å². The highest BCUT2D eigenvalue weighted by atomic mass is 16.5. The molecule has 0 aromatic heterocycles. The van der Waals surface area contributed by atoms with E-state index in [9.17, 15) is 4.79 Å². The van der Waals surface area contributed by atoms with Gasteiger partial charge in [-0.2, -0.15) is 0 Å². The lowest BCUT2D eigenvalue weighted by atomic mass is 10.1. The van der Waals surface area contributed by atoms with E-state index in [0.29, 0.717) is 41.9 Å². The minimum atomic E-state index is -0.182. The predicted molar refractivity (Wildman–Crippen MR) is 111 cm³/mol. The van der Waals surface area contributed by atoms with E-state index in [1.165, 1.54) is 26.9 Å². The monoisotopic (exact) mass is 386 g/mol. The van der Waals surface area contributed by atoms with Crippen molar-refractivity contribution in [3.05, 3.63) is 53.6 Å². The summed E-state index contributed by atoms with van der Waals surface area (Å²) in [6.07, 6.45) is 2.08. The van der Waals surface area contributed by atoms with Crippen LogP contribution in [0.15, 0.2) is 42.5 Å². The molecule has 1 amide bonds. The van der Waals surface area contributed by atoms with Crippen molar-refractivity contribution < 1.29 is 19.0 Å². The Bertz CT molecular complexity index is 724. The Morgan fingerprint density at radius 1 is 0.964 bits per heavy atom. The summed E-state index contributed by atoms with van der Waals surface area (Å²) in [5, 5.41) is 6.35. The van der Waals surface area contributed by atoms with Gasteiger partial charge in [0, 0.05) is 24.7 Å². The average molecular weight is 386 g/mol. The van der Waals surface area contributed by atoms with Crippen LogP contribution >= 0.6 is 0 Å². The molecular formula is C22H30N2O4. The first kappa shape index (κ1) is 21.6. The van der Waals surface area contributed by atoms with Gasteiger partial charge in [-0.1, -0.05) is 30.3 Å². The van der Waals surface area contributed by atoms with E-state index in [0.717, 1.165) is 12.8 Å². The molecule has 1 atom stereocenters. The minimum Gasteiger partial charge on any atom is -0.493 e. The van der Waals surface area contributed by atoms with Crippen molar-refractivity contribution in [2.24, 2.45) is 0 Å². The SMILES string of the molecule is COc1cc(C(=O)NCCNC(C)CCc2ccccc2)cc(OC)c1OC. The lowest BCUT2D eigenvalue weighted by Crippen LogP contribution is -2.36. The van der Waals surface area contributed by atoms with Crippen LogP contribution < -0.4 is 24.8 Å². The van der Waals surface area contributed by atoms with E-state index in [1.807, 2.05) is 6.07 Å². The second-order valence-corrected chi connectivity index (χ2v) is 6.55. The topological polar surface area (TPSA) is 68.8 Å². The Balaban J connectivity index is 1.79. The number of carbonyl (C=O) groups is 1. The minimum absolute atomic E-state index is 0.182. The lowest BCUT2D eigenvalue weighted by molar-refractivity contribution is 0.0952. The second kappa shape index (κ2) is 11.2. The molecule has 0 bridgehead atoms. The van der Waals surface area contributed by atoms with E-state index in [1.54, 1.807) is 12.1 Å². The van der Waals surface area contributed by atoms with Gasteiger partial charge in [0.1, 0.15) is 0 Å². The van der Waals surface area contributed by atoms with Crippen LogP contribution in [0.2, 0.25) is 0 Å². The van der Waals surface area contributed by atoms with Gasteiger partial charge in [0.15, 0.2) is 11.5 Å². The highest BCUT2D eigenvalue weighted by Crippen LogP contribution is 2.38. The number of ether oxygens (including phenoxy) is 3. The average Bonchev–Trinajstić information content (AvgIpc) is 2.74. The number of methoxy groups -OCH3 is 3. The summed E-state index contributed by atoms with van der Waals surface area (Å²) >= 11 is 0. The van der Waals surface area contributed by atoms with Crippen LogP contribution in [0, 0.1) is 0 Å². The third-order valence-corrected chi connectivity index (χ3v) is 4.54. The largest absolute Gasteiger partial charge is 0.493 e. The molecule has 0 radical (unpaired) electrons. The van der Waals surface area contributed by atoms with Crippen LogP contribution in [0.25, 0.3) is 0 Å². The summed E-state index contributed by atoms with van der Waals surface area (Å²) in [6.45, 7) is 3.39. The van der Waals surface area contributed by atoms with Crippen molar-refractivity contribution in [2.75, 3.05) is 34.4 Å². The van der Waals surface area contributed by atoms with Crippen molar-refractivity contribution in [3.8, 4) is 17.2 Å². The number of hydrogen-bond donors (Lipinski definition) is 2. The maximum Gasteiger partial charge on any atom is 0.251 e. The summed E-state index contributed by atoms with van der Waals surface area (Å²) in [5.41, 5.74) is 1.80. The summed E-state index contributed by atoms with van der Waals surface area (Å²) in [7, 11) is 4.59. The molecule has 2 aromatic rings. The van der Waals surface area contributed by atoms with Crippen molar-refractivity contribution in [3.63, 3.8) is 0 Å². The second-order valence-electron chi connectivity index (χ2n) is 6.55. The van der Waals surface area contributed by atoms with Gasteiger partial charge in [0.05, 0.1) is 21.3 Å². The van der Waals surface area contributed by atoms with Crippen molar-refractivity contribution in [1.29, 1.82) is 0 Å². The Hall–Kier alpha value is -2.73. The molecule has 0 fully saturated rings. The maximum atomic E-state index is 12.4. The molecule has 6 nitrogen and oxygen atoms in total. The predicted octanol–water partition coefficient (Wildman–Crippen LogP) is 3.05. The van der Waals surface area contributed by atoms with Crippen LogP contribution in [-0.2, 0) is 6.42 Å². The molecule has 0 heterocycles. The number of aryl methyl sites for hydroxylation is 1. The number of hydrogen-bond acceptors (Lipinski definition) is 5. The number of benzene rings is 2. The summed E-state index contributed by atoms with van der Waals surface area (Å²) < 4.78 is 15.9. The summed E-state index contributed by atoms with van der Waals surface area (Å²) in [6, 6.07) is 14.1. The first-order valence-corrected chi connectivity index (χ1v) is 9.44. The van der Waals surface area contributed by atoms with E-state index >= 15 is 0 Å². The van der Waals surface area contributed by atoms with Crippen LogP contribution in [0.5, 0.6) is 17.2 Å². The quantitative estimate of drug-likeness (QED) is 0.581. The van der Waals surface area contributed by atoms with Gasteiger partial charge in [-0.25, -0.2) is 0 Å². The highest BCUT2D eigenvalue weighted by molar-refractivity contribution is 5.95. The fourth-order valence-electron chi connectivity index (χ4n) is 2.94. The third-order valence-electron chi connectivity index (χ3n) is 4.54. The Labute approximate surface area is 167 Å². The smallest absolute Gasteiger partial charge is 0.251 e. The van der Waals surface area contributed by atoms with E-state index in [-0.39, 0.29) is 5.91 Å². The number of rotatable bonds is 11. The molecule has 28 heavy (non-hydrogen) atoms. The third kappa shape index (κ3) is 6.16. The first-order chi connectivity index (χ1) is 13.6. The molecule has 2 aromatic carbocycles. The van der Waals surface area contributed by atoms with Crippen LogP contribution in [-0.4, -0.2) is 46.4 Å². The summed E-state index contributed by atoms with van der Waals surface area (Å²) in [4.78, 5) is 12.4. The van der Waals surface area contributed by atoms with E-state index < -0.39 is 0 Å². The molecule has 1 unspecified atom stereocenters.